The van der Waals surface area contributed by atoms with Gasteiger partial charge in [0.1, 0.15) is 6.04 Å². The molecule has 0 bridgehead atoms. The second-order valence-electron chi connectivity index (χ2n) is 6.66. The van der Waals surface area contributed by atoms with Crippen molar-refractivity contribution in [1.82, 2.24) is 24.5 Å². The van der Waals surface area contributed by atoms with Crippen LogP contribution >= 0.6 is 11.8 Å². The molecule has 4 rings (SSSR count). The Bertz CT molecular complexity index is 1150. The van der Waals surface area contributed by atoms with Gasteiger partial charge in [-0.15, -0.1) is 16.9 Å². The van der Waals surface area contributed by atoms with Crippen molar-refractivity contribution in [1.29, 1.82) is 5.26 Å². The van der Waals surface area contributed by atoms with Gasteiger partial charge in [-0.25, -0.2) is 9.50 Å². The predicted octanol–water partition coefficient (Wildman–Crippen LogP) is 1.77. The van der Waals surface area contributed by atoms with Crippen LogP contribution in [-0.2, 0) is 4.79 Å². The first-order valence-electron chi connectivity index (χ1n) is 8.87. The van der Waals surface area contributed by atoms with Crippen LogP contribution in [0.15, 0.2) is 30.3 Å². The summed E-state index contributed by atoms with van der Waals surface area (Å²) in [7, 11) is 0. The van der Waals surface area contributed by atoms with Crippen molar-refractivity contribution in [2.45, 2.75) is 19.9 Å². The summed E-state index contributed by atoms with van der Waals surface area (Å²) >= 11 is 1.49. The number of hydrogen-bond donors (Lipinski definition) is 1. The van der Waals surface area contributed by atoms with Gasteiger partial charge in [-0.1, -0.05) is 0 Å². The van der Waals surface area contributed by atoms with Gasteiger partial charge >= 0.3 is 0 Å². The van der Waals surface area contributed by atoms with Crippen molar-refractivity contribution < 1.29 is 9.59 Å². The van der Waals surface area contributed by atoms with E-state index in [-0.39, 0.29) is 11.7 Å². The summed E-state index contributed by atoms with van der Waals surface area (Å²) in [5.74, 6) is 0.545. The molecule has 1 aliphatic rings. The molecule has 146 valence electrons. The number of nitriles is 1. The fourth-order valence-corrected chi connectivity index (χ4v) is 4.25. The second-order valence-corrected chi connectivity index (χ2v) is 7.65. The Balaban J connectivity index is 1.54. The van der Waals surface area contributed by atoms with Gasteiger partial charge in [0.2, 0.25) is 11.7 Å². The lowest BCUT2D eigenvalue weighted by Gasteiger charge is -2.21. The summed E-state index contributed by atoms with van der Waals surface area (Å²) in [4.78, 5) is 35.8. The molecule has 0 aliphatic carbocycles. The lowest BCUT2D eigenvalue weighted by molar-refractivity contribution is -0.119. The van der Waals surface area contributed by atoms with Crippen LogP contribution in [-0.4, -0.2) is 54.0 Å². The Hall–Kier alpha value is -3.45. The van der Waals surface area contributed by atoms with Gasteiger partial charge in [-0.2, -0.15) is 10.2 Å². The number of benzene rings is 1. The summed E-state index contributed by atoms with van der Waals surface area (Å²) in [6.07, 6.45) is 0. The molecule has 1 aliphatic heterocycles. The molecule has 10 heteroatoms. The SMILES string of the molecule is Cc1cc(C)n2nc(C(=O)N3CSCC3C(=O)Nc3ccc(C#N)cc3)nc2n1. The van der Waals surface area contributed by atoms with Gasteiger partial charge in [-0.05, 0) is 44.2 Å². The number of nitrogens with zero attached hydrogens (tertiary/aromatic N) is 6. The minimum atomic E-state index is -0.634. The number of rotatable bonds is 3. The normalized spacial score (nSPS) is 16.0. The van der Waals surface area contributed by atoms with Crippen molar-refractivity contribution in [3.05, 3.63) is 53.1 Å². The fraction of sp³-hybridized carbons (Fsp3) is 0.263. The number of carbonyl (C=O) groups is 2. The van der Waals surface area contributed by atoms with Crippen LogP contribution < -0.4 is 5.32 Å². The zero-order valence-corrected chi connectivity index (χ0v) is 16.6. The molecule has 3 aromatic rings. The van der Waals surface area contributed by atoms with Gasteiger partial charge in [0.15, 0.2) is 0 Å². The summed E-state index contributed by atoms with van der Waals surface area (Å²) in [6, 6.07) is 9.82. The Kier molecular flexibility index (Phi) is 4.90. The molecule has 0 radical (unpaired) electrons. The van der Waals surface area contributed by atoms with E-state index in [0.717, 1.165) is 11.4 Å². The molecule has 3 heterocycles. The topological polar surface area (TPSA) is 116 Å². The molecule has 2 aromatic heterocycles. The molecule has 1 fully saturated rings. The highest BCUT2D eigenvalue weighted by Crippen LogP contribution is 2.24. The first kappa shape index (κ1) is 18.9. The smallest absolute Gasteiger partial charge is 0.295 e. The van der Waals surface area contributed by atoms with Crippen LogP contribution in [0.25, 0.3) is 5.78 Å². The molecule has 29 heavy (non-hydrogen) atoms. The lowest BCUT2D eigenvalue weighted by atomic mass is 10.2. The largest absolute Gasteiger partial charge is 0.324 e. The molecular weight excluding hydrogens is 390 g/mol. The minimum absolute atomic E-state index is 0.0184. The predicted molar refractivity (Wildman–Crippen MR) is 107 cm³/mol. The molecule has 1 unspecified atom stereocenters. The first-order valence-corrected chi connectivity index (χ1v) is 10.0. The van der Waals surface area contributed by atoms with Crippen LogP contribution in [0.2, 0.25) is 0 Å². The number of carbonyl (C=O) groups excluding carboxylic acids is 2. The summed E-state index contributed by atoms with van der Waals surface area (Å²) in [6.45, 7) is 3.72. The lowest BCUT2D eigenvalue weighted by Crippen LogP contribution is -2.44. The third-order valence-electron chi connectivity index (χ3n) is 4.54. The Morgan fingerprint density at radius 1 is 1.24 bits per heavy atom. The van der Waals surface area contributed by atoms with Gasteiger partial charge < -0.3 is 10.2 Å². The van der Waals surface area contributed by atoms with Gasteiger partial charge in [0, 0.05) is 22.8 Å². The second kappa shape index (κ2) is 7.52. The molecular formula is C19H17N7O2S. The van der Waals surface area contributed by atoms with E-state index < -0.39 is 11.9 Å². The van der Waals surface area contributed by atoms with Gasteiger partial charge in [0.25, 0.3) is 11.7 Å². The molecule has 0 spiro atoms. The maximum absolute atomic E-state index is 13.0. The molecule has 1 aromatic carbocycles. The first-order chi connectivity index (χ1) is 14.0. The number of amides is 2. The van der Waals surface area contributed by atoms with E-state index in [1.54, 1.807) is 24.3 Å². The Morgan fingerprint density at radius 3 is 2.72 bits per heavy atom. The molecule has 0 saturated carbocycles. The van der Waals surface area contributed by atoms with E-state index >= 15 is 0 Å². The average molecular weight is 407 g/mol. The van der Waals surface area contributed by atoms with Crippen LogP contribution in [0.4, 0.5) is 5.69 Å². The monoisotopic (exact) mass is 407 g/mol. The van der Waals surface area contributed by atoms with Gasteiger partial charge in [0.05, 0.1) is 17.5 Å². The molecule has 1 atom stereocenters. The molecule has 1 N–H and O–H groups in total. The zero-order valence-electron chi connectivity index (χ0n) is 15.8. The van der Waals surface area contributed by atoms with Crippen molar-refractivity contribution in [2.75, 3.05) is 16.9 Å². The van der Waals surface area contributed by atoms with Crippen molar-refractivity contribution in [3.8, 4) is 6.07 Å². The van der Waals surface area contributed by atoms with E-state index in [9.17, 15) is 9.59 Å². The van der Waals surface area contributed by atoms with E-state index in [1.165, 1.54) is 21.2 Å². The highest BCUT2D eigenvalue weighted by molar-refractivity contribution is 7.99. The number of aromatic nitrogens is 4. The number of anilines is 1. The maximum atomic E-state index is 13.0. The molecule has 9 nitrogen and oxygen atoms in total. The highest BCUT2D eigenvalue weighted by Gasteiger charge is 2.37. The van der Waals surface area contributed by atoms with Crippen molar-refractivity contribution in [3.63, 3.8) is 0 Å². The maximum Gasteiger partial charge on any atom is 0.295 e. The number of aryl methyl sites for hydroxylation is 2. The van der Waals surface area contributed by atoms with Crippen LogP contribution in [0, 0.1) is 25.2 Å². The number of nitrogens with one attached hydrogen (secondary N) is 1. The van der Waals surface area contributed by atoms with Gasteiger partial charge in [-0.3, -0.25) is 9.59 Å². The van der Waals surface area contributed by atoms with E-state index in [1.807, 2.05) is 26.0 Å². The molecule has 2 amide bonds. The summed E-state index contributed by atoms with van der Waals surface area (Å²) in [5.41, 5.74) is 2.69. The van der Waals surface area contributed by atoms with Crippen LogP contribution in [0.3, 0.4) is 0 Å². The number of hydrogen-bond acceptors (Lipinski definition) is 7. The highest BCUT2D eigenvalue weighted by atomic mass is 32.2. The van der Waals surface area contributed by atoms with E-state index in [2.05, 4.69) is 20.4 Å². The van der Waals surface area contributed by atoms with Crippen molar-refractivity contribution in [2.24, 2.45) is 0 Å². The molecule has 1 saturated heterocycles. The fourth-order valence-electron chi connectivity index (χ4n) is 3.10. The standard InChI is InChI=1S/C19H17N7O2S/c1-11-7-12(2)26-19(21-11)23-16(24-26)18(28)25-10-29-9-15(25)17(27)22-14-5-3-13(8-20)4-6-14/h3-7,15H,9-10H2,1-2H3,(H,22,27). The van der Waals surface area contributed by atoms with Crippen LogP contribution in [0.5, 0.6) is 0 Å². The average Bonchev–Trinajstić information content (AvgIpc) is 3.35. The van der Waals surface area contributed by atoms with Crippen molar-refractivity contribution >= 4 is 35.0 Å². The summed E-state index contributed by atoms with van der Waals surface area (Å²) < 4.78 is 1.52. The third kappa shape index (κ3) is 3.64. The quantitative estimate of drug-likeness (QED) is 0.703. The Morgan fingerprint density at radius 2 is 2.00 bits per heavy atom. The number of fused-ring (bicyclic) bond motifs is 1. The Labute approximate surface area is 170 Å². The van der Waals surface area contributed by atoms with E-state index in [4.69, 9.17) is 5.26 Å². The number of thioether (sulfide) groups is 1. The minimum Gasteiger partial charge on any atom is -0.324 e. The summed E-state index contributed by atoms with van der Waals surface area (Å²) in [5, 5.41) is 15.9. The van der Waals surface area contributed by atoms with E-state index in [0.29, 0.717) is 28.7 Å². The third-order valence-corrected chi connectivity index (χ3v) is 5.55. The zero-order chi connectivity index (χ0) is 20.5. The van der Waals surface area contributed by atoms with Crippen LogP contribution in [0.1, 0.15) is 27.6 Å².